The zero-order valence-corrected chi connectivity index (χ0v) is 20.4. The largest absolute Gasteiger partial charge is 0.351 e. The van der Waals surface area contributed by atoms with Crippen molar-refractivity contribution in [2.24, 2.45) is 0 Å². The number of amides is 1. The summed E-state index contributed by atoms with van der Waals surface area (Å²) in [5.41, 5.74) is 1.97. The second-order valence-corrected chi connectivity index (χ2v) is 10.4. The molecule has 1 unspecified atom stereocenters. The topological polar surface area (TPSA) is 101 Å². The van der Waals surface area contributed by atoms with Crippen molar-refractivity contribution in [3.63, 3.8) is 0 Å². The molecule has 0 saturated heterocycles. The standard InChI is InChI=1S/C22H18Cl2N4O3S2/c1-13(14-5-7-15(23)8-6-14)12-25-22(29)17-10-9-16(24)11-19(17)28-33(30,31)20-4-2-3-18-21(20)27-32-26-18/h2-11,13,28H,12H2,1H3,(H,25,29). The third-order valence-corrected chi connectivity index (χ3v) is 7.44. The van der Waals surface area contributed by atoms with Crippen LogP contribution in [0.5, 0.6) is 0 Å². The molecule has 0 aliphatic carbocycles. The van der Waals surface area contributed by atoms with Gasteiger partial charge in [-0.2, -0.15) is 8.75 Å². The van der Waals surface area contributed by atoms with Gasteiger partial charge in [0.2, 0.25) is 0 Å². The number of fused-ring (bicyclic) bond motifs is 1. The molecule has 1 aromatic heterocycles. The van der Waals surface area contributed by atoms with Gasteiger partial charge in [-0.1, -0.05) is 48.3 Å². The van der Waals surface area contributed by atoms with E-state index in [1.807, 2.05) is 19.1 Å². The minimum Gasteiger partial charge on any atom is -0.351 e. The number of halogens is 2. The summed E-state index contributed by atoms with van der Waals surface area (Å²) >= 11 is 13.0. The lowest BCUT2D eigenvalue weighted by Crippen LogP contribution is -2.28. The van der Waals surface area contributed by atoms with E-state index in [-0.39, 0.29) is 32.6 Å². The molecule has 11 heteroatoms. The van der Waals surface area contributed by atoms with E-state index in [4.69, 9.17) is 23.2 Å². The van der Waals surface area contributed by atoms with E-state index >= 15 is 0 Å². The third kappa shape index (κ3) is 5.27. The van der Waals surface area contributed by atoms with Crippen LogP contribution in [0.15, 0.2) is 65.6 Å². The molecule has 0 spiro atoms. The highest BCUT2D eigenvalue weighted by Crippen LogP contribution is 2.27. The number of hydrogen-bond acceptors (Lipinski definition) is 6. The Morgan fingerprint density at radius 3 is 2.52 bits per heavy atom. The number of carbonyl (C=O) groups is 1. The molecule has 0 bridgehead atoms. The molecule has 1 atom stereocenters. The monoisotopic (exact) mass is 520 g/mol. The first-order valence-corrected chi connectivity index (χ1v) is 12.8. The quantitative estimate of drug-likeness (QED) is 0.342. The van der Waals surface area contributed by atoms with Gasteiger partial charge in [0.15, 0.2) is 0 Å². The van der Waals surface area contributed by atoms with Crippen LogP contribution >= 0.6 is 34.9 Å². The van der Waals surface area contributed by atoms with Crippen molar-refractivity contribution in [1.82, 2.24) is 14.1 Å². The van der Waals surface area contributed by atoms with Gasteiger partial charge in [-0.15, -0.1) is 0 Å². The number of benzene rings is 3. The molecule has 33 heavy (non-hydrogen) atoms. The fourth-order valence-electron chi connectivity index (χ4n) is 3.25. The summed E-state index contributed by atoms with van der Waals surface area (Å²) in [4.78, 5) is 12.9. The molecule has 0 radical (unpaired) electrons. The Bertz CT molecular complexity index is 1420. The predicted octanol–water partition coefficient (Wildman–Crippen LogP) is 5.33. The van der Waals surface area contributed by atoms with E-state index in [0.717, 1.165) is 17.3 Å². The number of sulfonamides is 1. The van der Waals surface area contributed by atoms with Gasteiger partial charge < -0.3 is 5.32 Å². The summed E-state index contributed by atoms with van der Waals surface area (Å²) in [5, 5.41) is 3.77. The molecule has 3 aromatic carbocycles. The van der Waals surface area contributed by atoms with Crippen molar-refractivity contribution in [3.05, 3.63) is 81.8 Å². The van der Waals surface area contributed by atoms with Gasteiger partial charge in [0.05, 0.1) is 23.0 Å². The smallest absolute Gasteiger partial charge is 0.264 e. The Balaban J connectivity index is 1.56. The SMILES string of the molecule is CC(CNC(=O)c1ccc(Cl)cc1NS(=O)(=O)c1cccc2nsnc12)c1ccc(Cl)cc1. The number of nitrogens with zero attached hydrogens (tertiary/aromatic N) is 2. The summed E-state index contributed by atoms with van der Waals surface area (Å²) in [6.45, 7) is 2.32. The lowest BCUT2D eigenvalue weighted by atomic mass is 10.0. The fourth-order valence-corrected chi connectivity index (χ4v) is 5.38. The van der Waals surface area contributed by atoms with Gasteiger partial charge in [0.1, 0.15) is 15.9 Å². The average molecular weight is 521 g/mol. The van der Waals surface area contributed by atoms with Crippen LogP contribution in [0.4, 0.5) is 5.69 Å². The first-order chi connectivity index (χ1) is 15.7. The maximum Gasteiger partial charge on any atom is 0.264 e. The van der Waals surface area contributed by atoms with E-state index in [1.54, 1.807) is 24.3 Å². The molecule has 0 aliphatic rings. The molecule has 0 fully saturated rings. The van der Waals surface area contributed by atoms with Crippen molar-refractivity contribution in [1.29, 1.82) is 0 Å². The number of carbonyl (C=O) groups excluding carboxylic acids is 1. The Hall–Kier alpha value is -2.72. The number of aromatic nitrogens is 2. The van der Waals surface area contributed by atoms with Crippen LogP contribution in [0.1, 0.15) is 28.8 Å². The van der Waals surface area contributed by atoms with E-state index in [2.05, 4.69) is 18.8 Å². The van der Waals surface area contributed by atoms with Crippen LogP contribution in [0, 0.1) is 0 Å². The van der Waals surface area contributed by atoms with Gasteiger partial charge in [-0.05, 0) is 53.9 Å². The Labute approximate surface area is 205 Å². The summed E-state index contributed by atoms with van der Waals surface area (Å²) in [6, 6.07) is 16.5. The fraction of sp³-hybridized carbons (Fsp3) is 0.136. The van der Waals surface area contributed by atoms with Crippen LogP contribution in [-0.2, 0) is 10.0 Å². The van der Waals surface area contributed by atoms with Crippen molar-refractivity contribution in [2.45, 2.75) is 17.7 Å². The molecule has 4 aromatic rings. The number of nitrogens with one attached hydrogen (secondary N) is 2. The minimum atomic E-state index is -4.06. The Kier molecular flexibility index (Phi) is 6.85. The lowest BCUT2D eigenvalue weighted by Gasteiger charge is -2.16. The van der Waals surface area contributed by atoms with Crippen LogP contribution < -0.4 is 10.0 Å². The highest BCUT2D eigenvalue weighted by Gasteiger charge is 2.23. The molecular formula is C22H18Cl2N4O3S2. The Morgan fingerprint density at radius 2 is 1.76 bits per heavy atom. The van der Waals surface area contributed by atoms with Gasteiger partial charge in [0, 0.05) is 16.6 Å². The van der Waals surface area contributed by atoms with Crippen molar-refractivity contribution < 1.29 is 13.2 Å². The van der Waals surface area contributed by atoms with E-state index in [1.165, 1.54) is 24.3 Å². The Morgan fingerprint density at radius 1 is 1.03 bits per heavy atom. The zero-order chi connectivity index (χ0) is 23.6. The highest BCUT2D eigenvalue weighted by atomic mass is 35.5. The van der Waals surface area contributed by atoms with Crippen LogP contribution in [0.2, 0.25) is 10.0 Å². The molecule has 0 aliphatic heterocycles. The maximum absolute atomic E-state index is 13.1. The number of anilines is 1. The lowest BCUT2D eigenvalue weighted by molar-refractivity contribution is 0.0952. The van der Waals surface area contributed by atoms with Crippen molar-refractivity contribution in [2.75, 3.05) is 11.3 Å². The second kappa shape index (κ2) is 9.64. The average Bonchev–Trinajstić information content (AvgIpc) is 3.26. The predicted molar refractivity (Wildman–Crippen MR) is 132 cm³/mol. The molecule has 170 valence electrons. The number of rotatable bonds is 7. The summed E-state index contributed by atoms with van der Waals surface area (Å²) in [6.07, 6.45) is 0. The van der Waals surface area contributed by atoms with Crippen molar-refractivity contribution >= 4 is 67.6 Å². The van der Waals surface area contributed by atoms with Crippen LogP contribution in [-0.4, -0.2) is 29.6 Å². The maximum atomic E-state index is 13.1. The molecular weight excluding hydrogens is 503 g/mol. The number of hydrogen-bond donors (Lipinski definition) is 2. The molecule has 1 heterocycles. The molecule has 0 saturated carbocycles. The summed E-state index contributed by atoms with van der Waals surface area (Å²) in [5.74, 6) is -0.410. The van der Waals surface area contributed by atoms with Gasteiger partial charge in [-0.3, -0.25) is 9.52 Å². The third-order valence-electron chi connectivity index (χ3n) is 5.02. The zero-order valence-electron chi connectivity index (χ0n) is 17.2. The van der Waals surface area contributed by atoms with Crippen molar-refractivity contribution in [3.8, 4) is 0 Å². The molecule has 7 nitrogen and oxygen atoms in total. The normalized spacial score (nSPS) is 12.5. The first-order valence-electron chi connectivity index (χ1n) is 9.82. The summed E-state index contributed by atoms with van der Waals surface area (Å²) in [7, 11) is -4.06. The van der Waals surface area contributed by atoms with E-state index < -0.39 is 15.9 Å². The van der Waals surface area contributed by atoms with E-state index in [9.17, 15) is 13.2 Å². The van der Waals surface area contributed by atoms with Crippen LogP contribution in [0.3, 0.4) is 0 Å². The van der Waals surface area contributed by atoms with Gasteiger partial charge >= 0.3 is 0 Å². The minimum absolute atomic E-state index is 0.0217. The first kappa shape index (κ1) is 23.4. The molecule has 2 N–H and O–H groups in total. The van der Waals surface area contributed by atoms with Gasteiger partial charge in [0.25, 0.3) is 15.9 Å². The van der Waals surface area contributed by atoms with Gasteiger partial charge in [-0.25, -0.2) is 8.42 Å². The molecule has 4 rings (SSSR count). The van der Waals surface area contributed by atoms with Crippen LogP contribution in [0.25, 0.3) is 11.0 Å². The second-order valence-electron chi connectivity index (χ2n) is 7.35. The molecule has 1 amide bonds. The van der Waals surface area contributed by atoms with E-state index in [0.29, 0.717) is 17.1 Å². The highest BCUT2D eigenvalue weighted by molar-refractivity contribution is 7.93. The summed E-state index contributed by atoms with van der Waals surface area (Å²) < 4.78 is 36.9.